The van der Waals surface area contributed by atoms with Gasteiger partial charge in [0.05, 0.1) is 7.11 Å². The van der Waals surface area contributed by atoms with Crippen molar-refractivity contribution in [2.24, 2.45) is 5.41 Å². The second-order valence-corrected chi connectivity index (χ2v) is 6.77. The predicted octanol–water partition coefficient (Wildman–Crippen LogP) is 2.00. The topological polar surface area (TPSA) is 105 Å². The molecule has 0 radical (unpaired) electrons. The second kappa shape index (κ2) is 9.05. The van der Waals surface area contributed by atoms with Crippen LogP contribution in [-0.2, 0) is 16.0 Å². The highest BCUT2D eigenvalue weighted by Crippen LogP contribution is 2.17. The highest BCUT2D eigenvalue weighted by molar-refractivity contribution is 5.91. The molecule has 0 saturated carbocycles. The Morgan fingerprint density at radius 1 is 1.16 bits per heavy atom. The number of rotatable bonds is 8. The number of aliphatic carboxylic acids is 1. The molecule has 25 heavy (non-hydrogen) atoms. The number of carbonyl (C=O) groups is 3. The van der Waals surface area contributed by atoms with Gasteiger partial charge in [0, 0.05) is 18.4 Å². The Kier molecular flexibility index (Phi) is 7.42. The normalized spacial score (nSPS) is 12.2. The molecule has 0 aliphatic heterocycles. The van der Waals surface area contributed by atoms with Gasteiger partial charge < -0.3 is 20.5 Å². The Morgan fingerprint density at radius 3 is 2.24 bits per heavy atom. The number of carboxylic acids is 1. The van der Waals surface area contributed by atoms with Crippen molar-refractivity contribution in [3.05, 3.63) is 29.8 Å². The zero-order chi connectivity index (χ0) is 19.0. The van der Waals surface area contributed by atoms with E-state index in [2.05, 4.69) is 10.6 Å². The molecule has 0 aliphatic rings. The van der Waals surface area contributed by atoms with Crippen molar-refractivity contribution in [2.75, 3.05) is 13.7 Å². The summed E-state index contributed by atoms with van der Waals surface area (Å²) in [6, 6.07) is 5.58. The quantitative estimate of drug-likeness (QED) is 0.665. The molecule has 1 rings (SSSR count). The molecule has 2 amide bonds. The van der Waals surface area contributed by atoms with Crippen LogP contribution < -0.4 is 15.4 Å². The molecule has 7 nitrogen and oxygen atoms in total. The molecule has 3 N–H and O–H groups in total. The lowest BCUT2D eigenvalue weighted by Crippen LogP contribution is -2.48. The minimum absolute atomic E-state index is 0.224. The maximum Gasteiger partial charge on any atom is 0.326 e. The molecule has 0 aliphatic carbocycles. The fraction of sp³-hybridized carbons (Fsp3) is 0.500. The number of methoxy groups -OCH3 is 1. The van der Waals surface area contributed by atoms with Gasteiger partial charge in [-0.1, -0.05) is 32.9 Å². The first kappa shape index (κ1) is 20.5. The SMILES string of the molecule is COc1ccc(CCNC(=O)NC(CC(=O)C(C)(C)C)C(=O)O)cc1. The van der Waals surface area contributed by atoms with Crippen molar-refractivity contribution < 1.29 is 24.2 Å². The third-order valence-electron chi connectivity index (χ3n) is 3.69. The summed E-state index contributed by atoms with van der Waals surface area (Å²) in [5.74, 6) is -0.705. The molecule has 0 bridgehead atoms. The number of amides is 2. The summed E-state index contributed by atoms with van der Waals surface area (Å²) in [5, 5.41) is 14.1. The molecule has 0 fully saturated rings. The van der Waals surface area contributed by atoms with Gasteiger partial charge >= 0.3 is 12.0 Å². The van der Waals surface area contributed by atoms with E-state index in [4.69, 9.17) is 4.74 Å². The molecule has 1 atom stereocenters. The van der Waals surface area contributed by atoms with E-state index in [-0.39, 0.29) is 12.2 Å². The Bertz CT molecular complexity index is 605. The van der Waals surface area contributed by atoms with Gasteiger partial charge in [-0.15, -0.1) is 0 Å². The smallest absolute Gasteiger partial charge is 0.326 e. The van der Waals surface area contributed by atoms with Gasteiger partial charge in [-0.05, 0) is 24.1 Å². The average molecular weight is 350 g/mol. The number of hydrogen-bond acceptors (Lipinski definition) is 4. The van der Waals surface area contributed by atoms with Gasteiger partial charge in [-0.2, -0.15) is 0 Å². The van der Waals surface area contributed by atoms with E-state index in [1.165, 1.54) is 0 Å². The number of urea groups is 1. The summed E-state index contributed by atoms with van der Waals surface area (Å²) in [5.41, 5.74) is 0.360. The number of ether oxygens (including phenoxy) is 1. The lowest BCUT2D eigenvalue weighted by atomic mass is 9.87. The molecule has 1 aromatic rings. The van der Waals surface area contributed by atoms with E-state index >= 15 is 0 Å². The van der Waals surface area contributed by atoms with Crippen LogP contribution in [0.4, 0.5) is 4.79 Å². The summed E-state index contributed by atoms with van der Waals surface area (Å²) in [6.45, 7) is 5.48. The molecule has 1 unspecified atom stereocenters. The summed E-state index contributed by atoms with van der Waals surface area (Å²) < 4.78 is 5.07. The summed E-state index contributed by atoms with van der Waals surface area (Å²) in [7, 11) is 1.59. The van der Waals surface area contributed by atoms with Crippen molar-refractivity contribution in [3.63, 3.8) is 0 Å². The van der Waals surface area contributed by atoms with Crippen molar-refractivity contribution >= 4 is 17.8 Å². The molecule has 0 saturated heterocycles. The lowest BCUT2D eigenvalue weighted by molar-refractivity contribution is -0.142. The summed E-state index contributed by atoms with van der Waals surface area (Å²) >= 11 is 0. The third-order valence-corrected chi connectivity index (χ3v) is 3.69. The minimum Gasteiger partial charge on any atom is -0.497 e. The molecule has 0 heterocycles. The van der Waals surface area contributed by atoms with E-state index in [1.54, 1.807) is 27.9 Å². The number of ketones is 1. The maximum atomic E-state index is 12.0. The van der Waals surface area contributed by atoms with Crippen molar-refractivity contribution in [1.29, 1.82) is 0 Å². The zero-order valence-electron chi connectivity index (χ0n) is 15.1. The van der Waals surface area contributed by atoms with Gasteiger partial charge in [-0.3, -0.25) is 4.79 Å². The first-order valence-electron chi connectivity index (χ1n) is 8.07. The van der Waals surface area contributed by atoms with E-state index in [0.717, 1.165) is 11.3 Å². The van der Waals surface area contributed by atoms with Crippen molar-refractivity contribution in [3.8, 4) is 5.75 Å². The van der Waals surface area contributed by atoms with Gasteiger partial charge in [0.1, 0.15) is 17.6 Å². The van der Waals surface area contributed by atoms with Crippen LogP contribution in [0.2, 0.25) is 0 Å². The van der Waals surface area contributed by atoms with E-state index in [9.17, 15) is 19.5 Å². The molecule has 1 aromatic carbocycles. The van der Waals surface area contributed by atoms with Crippen LogP contribution in [0.1, 0.15) is 32.8 Å². The largest absolute Gasteiger partial charge is 0.497 e. The van der Waals surface area contributed by atoms with Crippen LogP contribution in [0.25, 0.3) is 0 Å². The Labute approximate surface area is 147 Å². The van der Waals surface area contributed by atoms with Crippen LogP contribution in [0.5, 0.6) is 5.75 Å². The van der Waals surface area contributed by atoms with Crippen molar-refractivity contribution in [2.45, 2.75) is 39.7 Å². The fourth-order valence-electron chi connectivity index (χ4n) is 2.01. The molecular formula is C18H26N2O5. The monoisotopic (exact) mass is 350 g/mol. The minimum atomic E-state index is -1.24. The number of nitrogens with one attached hydrogen (secondary N) is 2. The Balaban J connectivity index is 2.46. The van der Waals surface area contributed by atoms with Crippen molar-refractivity contribution in [1.82, 2.24) is 10.6 Å². The number of hydrogen-bond donors (Lipinski definition) is 3. The molecule has 138 valence electrons. The van der Waals surface area contributed by atoms with E-state index in [0.29, 0.717) is 13.0 Å². The van der Waals surface area contributed by atoms with E-state index in [1.807, 2.05) is 24.3 Å². The number of Topliss-reactive ketones (excluding diaryl/α,β-unsaturated/α-hetero) is 1. The third kappa shape index (κ3) is 7.24. The fourth-order valence-corrected chi connectivity index (χ4v) is 2.01. The predicted molar refractivity (Wildman–Crippen MR) is 93.7 cm³/mol. The molecule has 0 aromatic heterocycles. The number of benzene rings is 1. The molecule has 0 spiro atoms. The highest BCUT2D eigenvalue weighted by Gasteiger charge is 2.29. The standard InChI is InChI=1S/C18H26N2O5/c1-18(2,3)15(21)11-14(16(22)23)20-17(24)19-10-9-12-5-7-13(25-4)8-6-12/h5-8,14H,9-11H2,1-4H3,(H,22,23)(H2,19,20,24). The van der Waals surface area contributed by atoms with E-state index < -0.39 is 23.5 Å². The zero-order valence-corrected chi connectivity index (χ0v) is 15.1. The number of carbonyl (C=O) groups excluding carboxylic acids is 2. The summed E-state index contributed by atoms with van der Waals surface area (Å²) in [4.78, 5) is 35.1. The molecular weight excluding hydrogens is 324 g/mol. The van der Waals surface area contributed by atoms with Crippen LogP contribution in [0.15, 0.2) is 24.3 Å². The van der Waals surface area contributed by atoms with Crippen LogP contribution in [0, 0.1) is 5.41 Å². The second-order valence-electron chi connectivity index (χ2n) is 6.77. The maximum absolute atomic E-state index is 12.0. The lowest BCUT2D eigenvalue weighted by Gasteiger charge is -2.20. The van der Waals surface area contributed by atoms with Gasteiger partial charge in [0.2, 0.25) is 0 Å². The first-order chi connectivity index (χ1) is 11.6. The average Bonchev–Trinajstić information content (AvgIpc) is 2.53. The summed E-state index contributed by atoms with van der Waals surface area (Å²) in [6.07, 6.45) is 0.348. The number of carboxylic acid groups (broad SMARTS) is 1. The highest BCUT2D eigenvalue weighted by atomic mass is 16.5. The first-order valence-corrected chi connectivity index (χ1v) is 8.07. The Hall–Kier alpha value is -2.57. The Morgan fingerprint density at radius 2 is 1.76 bits per heavy atom. The van der Waals surface area contributed by atoms with Crippen LogP contribution in [0.3, 0.4) is 0 Å². The van der Waals surface area contributed by atoms with Gasteiger partial charge in [0.25, 0.3) is 0 Å². The van der Waals surface area contributed by atoms with Gasteiger partial charge in [-0.25, -0.2) is 9.59 Å². The van der Waals surface area contributed by atoms with Gasteiger partial charge in [0.15, 0.2) is 0 Å². The van der Waals surface area contributed by atoms with Crippen LogP contribution in [-0.4, -0.2) is 42.6 Å². The molecule has 7 heteroatoms. The van der Waals surface area contributed by atoms with Crippen LogP contribution >= 0.6 is 0 Å².